The molecular weight excluding hydrogens is 164 g/mol. The number of hydrogen-bond acceptors (Lipinski definition) is 4. The fourth-order valence-electron chi connectivity index (χ4n) is 0.588. The van der Waals surface area contributed by atoms with Gasteiger partial charge in [0.2, 0.25) is 0 Å². The Bertz CT molecular complexity index is 80.1. The average Bonchev–Trinajstić information content (AvgIpc) is 2.04. The third-order valence-corrected chi connectivity index (χ3v) is 1.53. The van der Waals surface area contributed by atoms with E-state index in [4.69, 9.17) is 14.9 Å². The zero-order valence-electron chi connectivity index (χ0n) is 6.57. The molecule has 2 N–H and O–H groups in total. The van der Waals surface area contributed by atoms with Gasteiger partial charge in [0, 0.05) is 6.61 Å². The van der Waals surface area contributed by atoms with Gasteiger partial charge in [-0.1, -0.05) is 0 Å². The molecule has 0 bridgehead atoms. The van der Waals surface area contributed by atoms with E-state index in [1.165, 1.54) is 0 Å². The zero-order chi connectivity index (χ0) is 8.53. The highest BCUT2D eigenvalue weighted by Crippen LogP contribution is 1.93. The molecule has 0 aliphatic carbocycles. The molecule has 11 heavy (non-hydrogen) atoms. The largest absolute Gasteiger partial charge is 0.394 e. The molecule has 0 aliphatic heterocycles. The number of unbranched alkanes of at least 4 members (excludes halogenated alkanes) is 1. The Morgan fingerprint density at radius 2 is 2.09 bits per heavy atom. The van der Waals surface area contributed by atoms with Crippen LogP contribution in [0.4, 0.5) is 0 Å². The molecule has 0 saturated carbocycles. The van der Waals surface area contributed by atoms with E-state index in [0.29, 0.717) is 6.61 Å². The molecule has 0 spiro atoms. The summed E-state index contributed by atoms with van der Waals surface area (Å²) >= 11 is 4.04. The second-order valence-corrected chi connectivity index (χ2v) is 2.79. The van der Waals surface area contributed by atoms with Gasteiger partial charge in [-0.25, -0.2) is 0 Å². The third-order valence-electron chi connectivity index (χ3n) is 1.22. The molecule has 0 aromatic heterocycles. The van der Waals surface area contributed by atoms with E-state index in [-0.39, 0.29) is 13.2 Å². The highest BCUT2D eigenvalue weighted by atomic mass is 32.1. The van der Waals surface area contributed by atoms with Crippen molar-refractivity contribution in [2.75, 3.05) is 25.6 Å². The van der Waals surface area contributed by atoms with E-state index in [1.54, 1.807) is 0 Å². The molecule has 68 valence electrons. The van der Waals surface area contributed by atoms with Crippen LogP contribution in [-0.4, -0.2) is 41.9 Å². The number of aliphatic hydroxyl groups is 2. The molecule has 1 unspecified atom stereocenters. The summed E-state index contributed by atoms with van der Waals surface area (Å²) in [5.41, 5.74) is 0. The molecule has 0 fully saturated rings. The lowest BCUT2D eigenvalue weighted by atomic mass is 10.3. The van der Waals surface area contributed by atoms with Gasteiger partial charge in [0.15, 0.2) is 0 Å². The molecule has 4 heteroatoms. The van der Waals surface area contributed by atoms with Crippen LogP contribution in [0.5, 0.6) is 0 Å². The van der Waals surface area contributed by atoms with Crippen molar-refractivity contribution in [1.29, 1.82) is 0 Å². The van der Waals surface area contributed by atoms with Gasteiger partial charge in [-0.15, -0.1) is 0 Å². The monoisotopic (exact) mass is 180 g/mol. The Hall–Kier alpha value is 0.230. The molecule has 0 aromatic rings. The van der Waals surface area contributed by atoms with Crippen molar-refractivity contribution in [3.8, 4) is 0 Å². The molecule has 1 atom stereocenters. The van der Waals surface area contributed by atoms with Gasteiger partial charge < -0.3 is 14.9 Å². The van der Waals surface area contributed by atoms with E-state index in [9.17, 15) is 0 Å². The Kier molecular flexibility index (Phi) is 8.50. The maximum Gasteiger partial charge on any atom is 0.100 e. The summed E-state index contributed by atoms with van der Waals surface area (Å²) in [6, 6.07) is 0. The number of thiol groups is 1. The van der Waals surface area contributed by atoms with E-state index in [1.807, 2.05) is 0 Å². The Balaban J connectivity index is 2.89. The van der Waals surface area contributed by atoms with Crippen molar-refractivity contribution in [2.45, 2.75) is 18.9 Å². The number of aliphatic hydroxyl groups excluding tert-OH is 2. The standard InChI is InChI=1S/C7H16O3S/c8-5-7(9)6-10-3-1-2-4-11/h7-9,11H,1-6H2. The van der Waals surface area contributed by atoms with E-state index in [0.717, 1.165) is 18.6 Å². The summed E-state index contributed by atoms with van der Waals surface area (Å²) in [6.45, 7) is 0.632. The predicted octanol–water partition coefficient (Wildman–Crippen LogP) is 0.0662. The van der Waals surface area contributed by atoms with E-state index in [2.05, 4.69) is 12.6 Å². The van der Waals surface area contributed by atoms with Gasteiger partial charge in [-0.05, 0) is 18.6 Å². The van der Waals surface area contributed by atoms with Crippen LogP contribution in [0, 0.1) is 0 Å². The van der Waals surface area contributed by atoms with Gasteiger partial charge >= 0.3 is 0 Å². The third kappa shape index (κ3) is 8.13. The molecule has 3 nitrogen and oxygen atoms in total. The molecule has 0 saturated heterocycles. The molecule has 0 rings (SSSR count). The SMILES string of the molecule is OCC(O)COCCCCS. The van der Waals surface area contributed by atoms with Crippen LogP contribution in [0.1, 0.15) is 12.8 Å². The van der Waals surface area contributed by atoms with Crippen LogP contribution in [0.15, 0.2) is 0 Å². The summed E-state index contributed by atoms with van der Waals surface area (Å²) in [7, 11) is 0. The number of ether oxygens (including phenoxy) is 1. The van der Waals surface area contributed by atoms with Gasteiger partial charge in [0.25, 0.3) is 0 Å². The Labute approximate surface area is 72.8 Å². The Morgan fingerprint density at radius 1 is 1.36 bits per heavy atom. The molecule has 0 amide bonds. The fourth-order valence-corrected chi connectivity index (χ4v) is 0.812. The highest BCUT2D eigenvalue weighted by Gasteiger charge is 1.99. The summed E-state index contributed by atoms with van der Waals surface area (Å²) in [5.74, 6) is 0.867. The minimum Gasteiger partial charge on any atom is -0.394 e. The smallest absolute Gasteiger partial charge is 0.100 e. The maximum atomic E-state index is 8.82. The number of hydrogen-bond donors (Lipinski definition) is 3. The predicted molar refractivity (Wildman–Crippen MR) is 47.0 cm³/mol. The van der Waals surface area contributed by atoms with Crippen LogP contribution in [0.2, 0.25) is 0 Å². The van der Waals surface area contributed by atoms with Crippen molar-refractivity contribution < 1.29 is 14.9 Å². The first-order valence-corrected chi connectivity index (χ1v) is 4.42. The van der Waals surface area contributed by atoms with Crippen LogP contribution in [-0.2, 0) is 4.74 Å². The summed E-state index contributed by atoms with van der Waals surface area (Å²) in [6.07, 6.45) is 1.26. The summed E-state index contributed by atoms with van der Waals surface area (Å²) in [5, 5.41) is 17.2. The first-order valence-electron chi connectivity index (χ1n) is 3.78. The number of rotatable bonds is 7. The molecule has 0 heterocycles. The first kappa shape index (κ1) is 11.2. The van der Waals surface area contributed by atoms with Gasteiger partial charge in [0.1, 0.15) is 6.10 Å². The topological polar surface area (TPSA) is 49.7 Å². The lowest BCUT2D eigenvalue weighted by Gasteiger charge is -2.07. The highest BCUT2D eigenvalue weighted by molar-refractivity contribution is 7.80. The van der Waals surface area contributed by atoms with Gasteiger partial charge in [-0.3, -0.25) is 0 Å². The van der Waals surface area contributed by atoms with E-state index >= 15 is 0 Å². The van der Waals surface area contributed by atoms with Crippen LogP contribution in [0.3, 0.4) is 0 Å². The van der Waals surface area contributed by atoms with Crippen molar-refractivity contribution in [2.24, 2.45) is 0 Å². The first-order chi connectivity index (χ1) is 5.31. The summed E-state index contributed by atoms with van der Waals surface area (Å²) < 4.78 is 5.04. The minimum absolute atomic E-state index is 0.225. The second-order valence-electron chi connectivity index (χ2n) is 2.34. The quantitative estimate of drug-likeness (QED) is 0.384. The van der Waals surface area contributed by atoms with Crippen LogP contribution in [0.25, 0.3) is 0 Å². The lowest BCUT2D eigenvalue weighted by Crippen LogP contribution is -2.19. The Morgan fingerprint density at radius 3 is 2.64 bits per heavy atom. The maximum absolute atomic E-state index is 8.82. The average molecular weight is 180 g/mol. The van der Waals surface area contributed by atoms with Crippen molar-refractivity contribution in [3.05, 3.63) is 0 Å². The lowest BCUT2D eigenvalue weighted by molar-refractivity contribution is 0.00563. The second kappa shape index (κ2) is 8.33. The van der Waals surface area contributed by atoms with Gasteiger partial charge in [0.05, 0.1) is 13.2 Å². The van der Waals surface area contributed by atoms with Crippen LogP contribution >= 0.6 is 12.6 Å². The zero-order valence-corrected chi connectivity index (χ0v) is 7.46. The van der Waals surface area contributed by atoms with Crippen molar-refractivity contribution in [3.63, 3.8) is 0 Å². The van der Waals surface area contributed by atoms with Crippen LogP contribution < -0.4 is 0 Å². The molecule has 0 radical (unpaired) electrons. The fraction of sp³-hybridized carbons (Fsp3) is 1.00. The van der Waals surface area contributed by atoms with Gasteiger partial charge in [-0.2, -0.15) is 12.6 Å². The van der Waals surface area contributed by atoms with Crippen molar-refractivity contribution >= 4 is 12.6 Å². The van der Waals surface area contributed by atoms with Crippen molar-refractivity contribution in [1.82, 2.24) is 0 Å². The molecular formula is C7H16O3S. The summed E-state index contributed by atoms with van der Waals surface area (Å²) in [4.78, 5) is 0. The molecule has 0 aromatic carbocycles. The van der Waals surface area contributed by atoms with E-state index < -0.39 is 6.10 Å². The minimum atomic E-state index is -0.731. The molecule has 0 aliphatic rings. The normalized spacial score (nSPS) is 13.4.